The molecule has 0 aliphatic rings. The molecular formula is C8H9BrN2O3. The van der Waals surface area contributed by atoms with Crippen LogP contribution in [0, 0.1) is 10.1 Å². The van der Waals surface area contributed by atoms with Crippen LogP contribution in [0.1, 0.15) is 0 Å². The molecule has 1 aromatic rings. The molecule has 1 aromatic carbocycles. The lowest BCUT2D eigenvalue weighted by molar-refractivity contribution is -0.385. The van der Waals surface area contributed by atoms with E-state index >= 15 is 0 Å². The molecular weight excluding hydrogens is 252 g/mol. The minimum atomic E-state index is -0.489. The van der Waals surface area contributed by atoms with Crippen LogP contribution in [0.15, 0.2) is 22.7 Å². The van der Waals surface area contributed by atoms with Crippen molar-refractivity contribution < 1.29 is 9.66 Å². The van der Waals surface area contributed by atoms with Gasteiger partial charge in [-0.15, -0.1) is 0 Å². The number of nitro groups is 1. The molecule has 14 heavy (non-hydrogen) atoms. The summed E-state index contributed by atoms with van der Waals surface area (Å²) in [6.07, 6.45) is 0. The summed E-state index contributed by atoms with van der Waals surface area (Å²) in [5.74, 6) is 0.225. The maximum Gasteiger partial charge on any atom is 0.312 e. The summed E-state index contributed by atoms with van der Waals surface area (Å²) in [6, 6.07) is 4.65. The fourth-order valence-electron chi connectivity index (χ4n) is 0.945. The van der Waals surface area contributed by atoms with Gasteiger partial charge in [0.05, 0.1) is 9.40 Å². The molecule has 2 N–H and O–H groups in total. The number of hydrogen-bond acceptors (Lipinski definition) is 4. The Bertz CT molecular complexity index is 343. The topological polar surface area (TPSA) is 78.4 Å². The Morgan fingerprint density at radius 3 is 2.86 bits per heavy atom. The van der Waals surface area contributed by atoms with Crippen molar-refractivity contribution in [1.29, 1.82) is 0 Å². The molecule has 0 fully saturated rings. The van der Waals surface area contributed by atoms with Crippen molar-refractivity contribution in [3.8, 4) is 5.75 Å². The predicted molar refractivity (Wildman–Crippen MR) is 55.3 cm³/mol. The number of rotatable bonds is 4. The van der Waals surface area contributed by atoms with Gasteiger partial charge in [0, 0.05) is 12.6 Å². The van der Waals surface area contributed by atoms with E-state index in [0.717, 1.165) is 0 Å². The standard InChI is InChI=1S/C8H9BrN2O3/c9-6-2-1-3-7(11(12)13)8(6)14-5-4-10/h1-3H,4-5,10H2. The van der Waals surface area contributed by atoms with Crippen molar-refractivity contribution >= 4 is 21.6 Å². The van der Waals surface area contributed by atoms with Gasteiger partial charge in [-0.1, -0.05) is 6.07 Å². The summed E-state index contributed by atoms with van der Waals surface area (Å²) >= 11 is 3.18. The van der Waals surface area contributed by atoms with E-state index < -0.39 is 4.92 Å². The second-order valence-electron chi connectivity index (χ2n) is 2.48. The average molecular weight is 261 g/mol. The van der Waals surface area contributed by atoms with E-state index in [4.69, 9.17) is 10.5 Å². The Morgan fingerprint density at radius 2 is 2.29 bits per heavy atom. The van der Waals surface area contributed by atoms with Gasteiger partial charge in [-0.25, -0.2) is 0 Å². The zero-order valence-electron chi connectivity index (χ0n) is 7.27. The van der Waals surface area contributed by atoms with Gasteiger partial charge >= 0.3 is 5.69 Å². The van der Waals surface area contributed by atoms with Crippen molar-refractivity contribution in [3.63, 3.8) is 0 Å². The first-order valence-electron chi connectivity index (χ1n) is 3.92. The van der Waals surface area contributed by atoms with Crippen molar-refractivity contribution in [2.45, 2.75) is 0 Å². The Labute approximate surface area is 89.1 Å². The maximum absolute atomic E-state index is 10.6. The van der Waals surface area contributed by atoms with Gasteiger partial charge < -0.3 is 10.5 Å². The summed E-state index contributed by atoms with van der Waals surface area (Å²) in [5.41, 5.74) is 5.18. The second kappa shape index (κ2) is 4.92. The summed E-state index contributed by atoms with van der Waals surface area (Å²) in [7, 11) is 0. The van der Waals surface area contributed by atoms with E-state index in [2.05, 4.69) is 15.9 Å². The Hall–Kier alpha value is -1.14. The van der Waals surface area contributed by atoms with Crippen molar-refractivity contribution in [3.05, 3.63) is 32.8 Å². The fourth-order valence-corrected chi connectivity index (χ4v) is 1.42. The molecule has 0 heterocycles. The van der Waals surface area contributed by atoms with Crippen LogP contribution in [0.2, 0.25) is 0 Å². The summed E-state index contributed by atoms with van der Waals surface area (Å²) < 4.78 is 5.72. The third-order valence-corrected chi connectivity index (χ3v) is 2.13. The number of hydrogen-bond donors (Lipinski definition) is 1. The number of benzene rings is 1. The maximum atomic E-state index is 10.6. The molecule has 0 aliphatic heterocycles. The predicted octanol–water partition coefficient (Wildman–Crippen LogP) is 1.69. The molecule has 76 valence electrons. The Kier molecular flexibility index (Phi) is 3.84. The minimum absolute atomic E-state index is 0.0622. The van der Waals surface area contributed by atoms with Crippen LogP contribution in [0.5, 0.6) is 5.75 Å². The minimum Gasteiger partial charge on any atom is -0.485 e. The van der Waals surface area contributed by atoms with Gasteiger partial charge in [0.15, 0.2) is 0 Å². The smallest absolute Gasteiger partial charge is 0.312 e. The molecule has 0 aromatic heterocycles. The number of nitro benzene ring substituents is 1. The Balaban J connectivity index is 3.02. The fraction of sp³-hybridized carbons (Fsp3) is 0.250. The van der Waals surface area contributed by atoms with E-state index in [1.54, 1.807) is 12.1 Å². The summed E-state index contributed by atoms with van der Waals surface area (Å²) in [4.78, 5) is 10.1. The first-order chi connectivity index (χ1) is 6.66. The molecule has 0 spiro atoms. The van der Waals surface area contributed by atoms with Crippen LogP contribution >= 0.6 is 15.9 Å². The molecule has 6 heteroatoms. The van der Waals surface area contributed by atoms with Crippen molar-refractivity contribution in [2.24, 2.45) is 5.73 Å². The number of halogens is 1. The van der Waals surface area contributed by atoms with E-state index in [0.29, 0.717) is 11.0 Å². The first-order valence-corrected chi connectivity index (χ1v) is 4.72. The van der Waals surface area contributed by atoms with Gasteiger partial charge in [0.25, 0.3) is 0 Å². The molecule has 0 bridgehead atoms. The van der Waals surface area contributed by atoms with Gasteiger partial charge in [0.1, 0.15) is 6.61 Å². The number of nitrogens with two attached hydrogens (primary N) is 1. The lowest BCUT2D eigenvalue weighted by Crippen LogP contribution is -2.11. The highest BCUT2D eigenvalue weighted by Gasteiger charge is 2.17. The average Bonchev–Trinajstić information content (AvgIpc) is 2.15. The zero-order valence-corrected chi connectivity index (χ0v) is 8.86. The molecule has 0 atom stereocenters. The SMILES string of the molecule is NCCOc1c(Br)cccc1[N+](=O)[O-]. The van der Waals surface area contributed by atoms with Crippen LogP contribution in [-0.4, -0.2) is 18.1 Å². The third kappa shape index (κ3) is 2.43. The number of nitrogens with zero attached hydrogens (tertiary/aromatic N) is 1. The second-order valence-corrected chi connectivity index (χ2v) is 3.34. The van der Waals surface area contributed by atoms with E-state index in [-0.39, 0.29) is 18.0 Å². The molecule has 5 nitrogen and oxygen atoms in total. The first kappa shape index (κ1) is 10.9. The van der Waals surface area contributed by atoms with Gasteiger partial charge in [-0.3, -0.25) is 10.1 Å². The zero-order chi connectivity index (χ0) is 10.6. The highest BCUT2D eigenvalue weighted by atomic mass is 79.9. The van der Waals surface area contributed by atoms with Crippen LogP contribution in [0.3, 0.4) is 0 Å². The van der Waals surface area contributed by atoms with Crippen LogP contribution < -0.4 is 10.5 Å². The van der Waals surface area contributed by atoms with Gasteiger partial charge in [0.2, 0.25) is 5.75 Å². The number of para-hydroxylation sites is 1. The lowest BCUT2D eigenvalue weighted by atomic mass is 10.3. The molecule has 0 aliphatic carbocycles. The molecule has 0 unspecified atom stereocenters. The lowest BCUT2D eigenvalue weighted by Gasteiger charge is -2.06. The monoisotopic (exact) mass is 260 g/mol. The van der Waals surface area contributed by atoms with Crippen LogP contribution in [0.4, 0.5) is 5.69 Å². The molecule has 0 saturated carbocycles. The van der Waals surface area contributed by atoms with E-state index in [1.165, 1.54) is 6.07 Å². The Morgan fingerprint density at radius 1 is 1.57 bits per heavy atom. The summed E-state index contributed by atoms with van der Waals surface area (Å²) in [5, 5.41) is 10.6. The normalized spacial score (nSPS) is 9.86. The van der Waals surface area contributed by atoms with Crippen LogP contribution in [-0.2, 0) is 0 Å². The third-order valence-electron chi connectivity index (χ3n) is 1.51. The highest BCUT2D eigenvalue weighted by molar-refractivity contribution is 9.10. The van der Waals surface area contributed by atoms with Gasteiger partial charge in [-0.05, 0) is 22.0 Å². The molecule has 0 radical (unpaired) electrons. The van der Waals surface area contributed by atoms with Gasteiger partial charge in [-0.2, -0.15) is 0 Å². The number of ether oxygens (including phenoxy) is 1. The van der Waals surface area contributed by atoms with Crippen molar-refractivity contribution in [1.82, 2.24) is 0 Å². The molecule has 0 saturated heterocycles. The molecule has 1 rings (SSSR count). The highest BCUT2D eigenvalue weighted by Crippen LogP contribution is 2.34. The van der Waals surface area contributed by atoms with E-state index in [1.807, 2.05) is 0 Å². The largest absolute Gasteiger partial charge is 0.485 e. The van der Waals surface area contributed by atoms with E-state index in [9.17, 15) is 10.1 Å². The van der Waals surface area contributed by atoms with Crippen molar-refractivity contribution in [2.75, 3.05) is 13.2 Å². The van der Waals surface area contributed by atoms with Crippen LogP contribution in [0.25, 0.3) is 0 Å². The summed E-state index contributed by atoms with van der Waals surface area (Å²) in [6.45, 7) is 0.571. The molecule has 0 amide bonds. The quantitative estimate of drug-likeness (QED) is 0.660.